The lowest BCUT2D eigenvalue weighted by Crippen LogP contribution is -2.08. The maximum Gasteiger partial charge on any atom is 0.203 e. The van der Waals surface area contributed by atoms with E-state index in [1.54, 1.807) is 11.3 Å². The van der Waals surface area contributed by atoms with Crippen LogP contribution in [0.15, 0.2) is 28.3 Å². The zero-order chi connectivity index (χ0) is 13.5. The minimum atomic E-state index is 0.779. The lowest BCUT2D eigenvalue weighted by molar-refractivity contribution is 0.142. The molecular weight excluding hydrogens is 326 g/mol. The summed E-state index contributed by atoms with van der Waals surface area (Å²) in [7, 11) is 0. The fourth-order valence-electron chi connectivity index (χ4n) is 1.75. The van der Waals surface area contributed by atoms with Gasteiger partial charge in [0.1, 0.15) is 0 Å². The summed E-state index contributed by atoms with van der Waals surface area (Å²) >= 11 is 5.27. The molecule has 0 spiro atoms. The van der Waals surface area contributed by atoms with Gasteiger partial charge in [-0.2, -0.15) is 0 Å². The molecule has 0 aliphatic heterocycles. The molecule has 104 valence electrons. The van der Waals surface area contributed by atoms with Gasteiger partial charge in [0, 0.05) is 41.5 Å². The normalized spacial score (nSPS) is 10.8. The molecule has 0 atom stereocenters. The van der Waals surface area contributed by atoms with Crippen molar-refractivity contribution in [3.05, 3.63) is 33.2 Å². The molecule has 19 heavy (non-hydrogen) atoms. The summed E-state index contributed by atoms with van der Waals surface area (Å²) in [6.45, 7) is 5.31. The fourth-order valence-corrected chi connectivity index (χ4v) is 3.18. The van der Waals surface area contributed by atoms with E-state index >= 15 is 0 Å². The van der Waals surface area contributed by atoms with E-state index in [9.17, 15) is 0 Å². The van der Waals surface area contributed by atoms with Crippen LogP contribution in [0.25, 0.3) is 0 Å². The topological polar surface area (TPSA) is 39.1 Å². The summed E-state index contributed by atoms with van der Waals surface area (Å²) in [5.41, 5.74) is 0. The molecule has 0 unspecified atom stereocenters. The molecule has 0 aromatic carbocycles. The predicted molar refractivity (Wildman–Crippen MR) is 82.7 cm³/mol. The number of aromatic nitrogens is 2. The molecule has 0 amide bonds. The first-order valence-electron chi connectivity index (χ1n) is 6.36. The average molecular weight is 344 g/mol. The van der Waals surface area contributed by atoms with Crippen LogP contribution in [0, 0.1) is 0 Å². The van der Waals surface area contributed by atoms with Crippen molar-refractivity contribution in [3.63, 3.8) is 0 Å². The molecule has 0 radical (unpaired) electrons. The Hall–Kier alpha value is -0.850. The van der Waals surface area contributed by atoms with Gasteiger partial charge in [0.05, 0.1) is 6.54 Å². The molecule has 0 aliphatic rings. The van der Waals surface area contributed by atoms with Crippen LogP contribution in [0.5, 0.6) is 0 Å². The van der Waals surface area contributed by atoms with Crippen molar-refractivity contribution < 1.29 is 4.74 Å². The summed E-state index contributed by atoms with van der Waals surface area (Å²) in [6, 6.07) is 2.07. The highest BCUT2D eigenvalue weighted by atomic mass is 79.9. The molecule has 0 saturated heterocycles. The molecule has 1 N–H and O–H groups in total. The summed E-state index contributed by atoms with van der Waals surface area (Å²) < 4.78 is 8.63. The second kappa shape index (κ2) is 7.67. The fraction of sp³-hybridized carbons (Fsp3) is 0.462. The van der Waals surface area contributed by atoms with E-state index in [1.807, 2.05) is 19.3 Å². The highest BCUT2D eigenvalue weighted by Gasteiger charge is 2.05. The third-order valence-electron chi connectivity index (χ3n) is 2.71. The van der Waals surface area contributed by atoms with Crippen molar-refractivity contribution in [1.29, 1.82) is 0 Å². The molecule has 6 heteroatoms. The van der Waals surface area contributed by atoms with Crippen LogP contribution in [-0.4, -0.2) is 22.8 Å². The number of nitrogens with zero attached hydrogens (tertiary/aromatic N) is 2. The van der Waals surface area contributed by atoms with Crippen LogP contribution < -0.4 is 5.32 Å². The second-order valence-electron chi connectivity index (χ2n) is 4.04. The quantitative estimate of drug-likeness (QED) is 0.742. The van der Waals surface area contributed by atoms with Crippen LogP contribution in [0.3, 0.4) is 0 Å². The van der Waals surface area contributed by atoms with E-state index in [4.69, 9.17) is 4.74 Å². The summed E-state index contributed by atoms with van der Waals surface area (Å²) in [4.78, 5) is 5.63. The van der Waals surface area contributed by atoms with Gasteiger partial charge >= 0.3 is 0 Å². The highest BCUT2D eigenvalue weighted by molar-refractivity contribution is 9.10. The van der Waals surface area contributed by atoms with Gasteiger partial charge in [0.25, 0.3) is 0 Å². The summed E-state index contributed by atoms with van der Waals surface area (Å²) in [5.74, 6) is 0.914. The number of nitrogens with one attached hydrogen (secondary N) is 1. The Kier molecular flexibility index (Phi) is 5.88. The van der Waals surface area contributed by atoms with Crippen LogP contribution in [0.2, 0.25) is 0 Å². The summed E-state index contributed by atoms with van der Waals surface area (Å²) in [5, 5.41) is 5.45. The number of anilines is 1. The molecule has 0 saturated carbocycles. The van der Waals surface area contributed by atoms with Crippen molar-refractivity contribution in [3.8, 4) is 0 Å². The van der Waals surface area contributed by atoms with Crippen molar-refractivity contribution in [2.75, 3.05) is 18.5 Å². The minimum absolute atomic E-state index is 0.779. The molecule has 2 rings (SSSR count). The third-order valence-corrected chi connectivity index (χ3v) is 4.63. The molecule has 4 nitrogen and oxygen atoms in total. The Labute approximate surface area is 125 Å². The number of hydrogen-bond donors (Lipinski definition) is 1. The van der Waals surface area contributed by atoms with Gasteiger partial charge in [0.2, 0.25) is 5.95 Å². The average Bonchev–Trinajstić information content (AvgIpc) is 3.01. The Bertz CT molecular complexity index is 498. The van der Waals surface area contributed by atoms with Crippen molar-refractivity contribution in [2.24, 2.45) is 0 Å². The van der Waals surface area contributed by atoms with Gasteiger partial charge in [-0.25, -0.2) is 4.98 Å². The van der Waals surface area contributed by atoms with Gasteiger partial charge in [-0.15, -0.1) is 11.3 Å². The highest BCUT2D eigenvalue weighted by Crippen LogP contribution is 2.23. The molecule has 2 aromatic heterocycles. The van der Waals surface area contributed by atoms with Gasteiger partial charge in [-0.1, -0.05) is 0 Å². The van der Waals surface area contributed by atoms with Gasteiger partial charge in [-0.3, -0.25) is 0 Å². The van der Waals surface area contributed by atoms with Gasteiger partial charge < -0.3 is 14.6 Å². The number of ether oxygens (including phenoxy) is 1. The maximum absolute atomic E-state index is 5.35. The zero-order valence-corrected chi connectivity index (χ0v) is 13.3. The van der Waals surface area contributed by atoms with Crippen molar-refractivity contribution >= 4 is 33.2 Å². The van der Waals surface area contributed by atoms with Crippen molar-refractivity contribution in [2.45, 2.75) is 26.4 Å². The largest absolute Gasteiger partial charge is 0.382 e. The predicted octanol–water partition coefficient (Wildman–Crippen LogP) is 3.75. The van der Waals surface area contributed by atoms with Gasteiger partial charge in [0.15, 0.2) is 0 Å². The number of rotatable bonds is 8. The van der Waals surface area contributed by atoms with E-state index in [0.717, 1.165) is 43.1 Å². The minimum Gasteiger partial charge on any atom is -0.382 e. The molecule has 2 heterocycles. The smallest absolute Gasteiger partial charge is 0.203 e. The third kappa shape index (κ3) is 4.33. The van der Waals surface area contributed by atoms with E-state index in [-0.39, 0.29) is 0 Å². The van der Waals surface area contributed by atoms with Crippen LogP contribution in [0.4, 0.5) is 5.95 Å². The lowest BCUT2D eigenvalue weighted by Gasteiger charge is -2.09. The monoisotopic (exact) mass is 343 g/mol. The molecule has 0 bridgehead atoms. The van der Waals surface area contributed by atoms with Crippen LogP contribution in [-0.2, 0) is 17.8 Å². The first-order valence-corrected chi connectivity index (χ1v) is 8.03. The molecule has 0 fully saturated rings. The Morgan fingerprint density at radius 3 is 3.16 bits per heavy atom. The van der Waals surface area contributed by atoms with E-state index in [1.165, 1.54) is 4.88 Å². The van der Waals surface area contributed by atoms with E-state index in [0.29, 0.717) is 0 Å². The Morgan fingerprint density at radius 2 is 2.42 bits per heavy atom. The van der Waals surface area contributed by atoms with Gasteiger partial charge in [-0.05, 0) is 40.7 Å². The Morgan fingerprint density at radius 1 is 1.53 bits per heavy atom. The zero-order valence-electron chi connectivity index (χ0n) is 10.9. The van der Waals surface area contributed by atoms with Crippen molar-refractivity contribution in [1.82, 2.24) is 9.55 Å². The molecular formula is C13H18BrN3OS. The van der Waals surface area contributed by atoms with Crippen LogP contribution >= 0.6 is 27.3 Å². The second-order valence-corrected chi connectivity index (χ2v) is 5.89. The number of imidazole rings is 1. The van der Waals surface area contributed by atoms with E-state index in [2.05, 4.69) is 42.2 Å². The first-order chi connectivity index (χ1) is 9.31. The number of halogens is 1. The standard InChI is InChI=1S/C13H18BrN3OS/c1-2-18-8-3-6-17-7-5-15-13(17)16-10-12-11(14)4-9-19-12/h4-5,7,9H,2-3,6,8,10H2,1H3,(H,15,16). The van der Waals surface area contributed by atoms with E-state index < -0.39 is 0 Å². The number of thiophene rings is 1. The molecule has 0 aliphatic carbocycles. The maximum atomic E-state index is 5.35. The lowest BCUT2D eigenvalue weighted by atomic mass is 10.4. The SMILES string of the molecule is CCOCCCn1ccnc1NCc1sccc1Br. The van der Waals surface area contributed by atoms with Crippen LogP contribution in [0.1, 0.15) is 18.2 Å². The Balaban J connectivity index is 1.83. The summed E-state index contributed by atoms with van der Waals surface area (Å²) in [6.07, 6.45) is 4.83. The first kappa shape index (κ1) is 14.6. The number of hydrogen-bond acceptors (Lipinski definition) is 4. The molecule has 2 aromatic rings. The number of aryl methyl sites for hydroxylation is 1.